The third kappa shape index (κ3) is 4.54. The fourth-order valence-corrected chi connectivity index (χ4v) is 5.50. The monoisotopic (exact) mass is 592 g/mol. The maximum atomic E-state index is 13.1. The van der Waals surface area contributed by atoms with E-state index in [1.807, 2.05) is 0 Å². The van der Waals surface area contributed by atoms with Gasteiger partial charge in [0, 0.05) is 27.4 Å². The normalized spacial score (nSPS) is 24.0. The molecule has 2 aliphatic rings. The maximum Gasteiger partial charge on any atom is 0.340 e. The van der Waals surface area contributed by atoms with Crippen molar-refractivity contribution in [3.63, 3.8) is 0 Å². The van der Waals surface area contributed by atoms with Crippen LogP contribution in [0.3, 0.4) is 0 Å². The number of nitrogens with zero attached hydrogens (tertiary/aromatic N) is 2. The van der Waals surface area contributed by atoms with Crippen molar-refractivity contribution in [1.29, 1.82) is 0 Å². The minimum absolute atomic E-state index is 0.0258. The van der Waals surface area contributed by atoms with Crippen molar-refractivity contribution in [3.05, 3.63) is 69.8 Å². The summed E-state index contributed by atoms with van der Waals surface area (Å²) < 4.78 is 5.15. The van der Waals surface area contributed by atoms with Gasteiger partial charge in [0.2, 0.25) is 17.6 Å². The first-order valence-electron chi connectivity index (χ1n) is 10.4. The second kappa shape index (κ2) is 9.75. The molecule has 2 aromatic carbocycles. The first kappa shape index (κ1) is 24.2. The lowest BCUT2D eigenvalue weighted by Gasteiger charge is -2.29. The molecule has 1 aliphatic carbocycles. The van der Waals surface area contributed by atoms with E-state index in [-0.39, 0.29) is 44.0 Å². The topological polar surface area (TPSA) is 124 Å². The molecule has 4 atom stereocenters. The standard InChI is InChI=1S/C23H18Br2N2O7/c24-17-9-15-16(10-18(17)25)22(30)26(21(15)29)19-7-2-1-6-14(19)23(31)34-11-20(28)12-4-3-5-13(8-12)27(32)33/h1-8,15-18H,9-11H2/t15-,16-,17+,18+/m0/s1. The largest absolute Gasteiger partial charge is 0.454 e. The Morgan fingerprint density at radius 2 is 1.62 bits per heavy atom. The van der Waals surface area contributed by atoms with Crippen LogP contribution in [0.1, 0.15) is 33.6 Å². The summed E-state index contributed by atoms with van der Waals surface area (Å²) in [6.45, 7) is -0.655. The molecule has 2 aromatic rings. The molecule has 9 nitrogen and oxygen atoms in total. The third-order valence-electron chi connectivity index (χ3n) is 5.99. The number of Topliss-reactive ketones (excluding diaryl/α,β-unsaturated/α-hetero) is 1. The van der Waals surface area contributed by atoms with Gasteiger partial charge in [-0.1, -0.05) is 56.1 Å². The number of halogens is 2. The number of hydrogen-bond donors (Lipinski definition) is 0. The summed E-state index contributed by atoms with van der Waals surface area (Å²) in [4.78, 5) is 62.9. The molecule has 0 N–H and O–H groups in total. The van der Waals surface area contributed by atoms with Crippen LogP contribution in [0.25, 0.3) is 0 Å². The summed E-state index contributed by atoms with van der Waals surface area (Å²) in [5, 5.41) is 10.9. The Kier molecular flexibility index (Phi) is 6.94. The molecule has 176 valence electrons. The van der Waals surface area contributed by atoms with E-state index < -0.39 is 35.1 Å². The number of anilines is 1. The average molecular weight is 594 g/mol. The summed E-state index contributed by atoms with van der Waals surface area (Å²) >= 11 is 7.09. The van der Waals surface area contributed by atoms with Crippen LogP contribution in [-0.4, -0.2) is 44.8 Å². The van der Waals surface area contributed by atoms with Gasteiger partial charge in [-0.3, -0.25) is 24.5 Å². The van der Waals surface area contributed by atoms with Gasteiger partial charge < -0.3 is 4.74 Å². The average Bonchev–Trinajstić information content (AvgIpc) is 3.06. The smallest absolute Gasteiger partial charge is 0.340 e. The van der Waals surface area contributed by atoms with E-state index in [1.54, 1.807) is 12.1 Å². The van der Waals surface area contributed by atoms with Crippen LogP contribution in [0.2, 0.25) is 0 Å². The van der Waals surface area contributed by atoms with Crippen LogP contribution < -0.4 is 4.90 Å². The van der Waals surface area contributed by atoms with Gasteiger partial charge >= 0.3 is 5.97 Å². The van der Waals surface area contributed by atoms with Crippen molar-refractivity contribution < 1.29 is 28.8 Å². The molecular weight excluding hydrogens is 576 g/mol. The number of nitro benzene ring substituents is 1. The number of hydrogen-bond acceptors (Lipinski definition) is 7. The van der Waals surface area contributed by atoms with Gasteiger partial charge in [0.15, 0.2) is 6.61 Å². The highest BCUT2D eigenvalue weighted by Crippen LogP contribution is 2.44. The van der Waals surface area contributed by atoms with E-state index in [9.17, 15) is 29.3 Å². The number of ether oxygens (including phenoxy) is 1. The highest BCUT2D eigenvalue weighted by molar-refractivity contribution is 9.12. The first-order valence-corrected chi connectivity index (χ1v) is 12.2. The number of rotatable bonds is 6. The van der Waals surface area contributed by atoms with Crippen LogP contribution in [-0.2, 0) is 14.3 Å². The molecule has 0 bridgehead atoms. The molecule has 0 unspecified atom stereocenters. The fraction of sp³-hybridized carbons (Fsp3) is 0.304. The van der Waals surface area contributed by atoms with Gasteiger partial charge in [0.25, 0.3) is 5.69 Å². The number of ketones is 1. The maximum absolute atomic E-state index is 13.1. The quantitative estimate of drug-likeness (QED) is 0.123. The second-order valence-corrected chi connectivity index (χ2v) is 10.4. The molecule has 2 amide bonds. The molecule has 0 radical (unpaired) electrons. The fourth-order valence-electron chi connectivity index (χ4n) is 4.26. The van der Waals surface area contributed by atoms with Crippen molar-refractivity contribution >= 4 is 66.8 Å². The number of para-hydroxylation sites is 1. The zero-order chi connectivity index (χ0) is 24.6. The summed E-state index contributed by atoms with van der Waals surface area (Å²) in [7, 11) is 0. The van der Waals surface area contributed by atoms with E-state index in [0.29, 0.717) is 12.8 Å². The van der Waals surface area contributed by atoms with E-state index in [4.69, 9.17) is 4.74 Å². The highest BCUT2D eigenvalue weighted by atomic mass is 79.9. The van der Waals surface area contributed by atoms with Crippen LogP contribution >= 0.6 is 31.9 Å². The number of carbonyl (C=O) groups excluding carboxylic acids is 4. The summed E-state index contributed by atoms with van der Waals surface area (Å²) in [5.41, 5.74) is -0.151. The number of nitro groups is 1. The number of fused-ring (bicyclic) bond motifs is 1. The van der Waals surface area contributed by atoms with E-state index in [0.717, 1.165) is 11.0 Å². The zero-order valence-electron chi connectivity index (χ0n) is 17.6. The number of esters is 1. The molecule has 1 saturated heterocycles. The number of carbonyl (C=O) groups is 4. The van der Waals surface area contributed by atoms with Gasteiger partial charge in [-0.2, -0.15) is 0 Å². The molecule has 1 heterocycles. The number of amides is 2. The molecule has 11 heteroatoms. The Labute approximate surface area is 210 Å². The minimum Gasteiger partial charge on any atom is -0.454 e. The Balaban J connectivity index is 1.52. The van der Waals surface area contributed by atoms with Crippen molar-refractivity contribution in [2.24, 2.45) is 11.8 Å². The number of alkyl halides is 2. The number of imide groups is 1. The summed E-state index contributed by atoms with van der Waals surface area (Å²) in [6.07, 6.45) is 0.984. The molecule has 0 spiro atoms. The Morgan fingerprint density at radius 1 is 1.00 bits per heavy atom. The number of non-ortho nitro benzene ring substituents is 1. The lowest BCUT2D eigenvalue weighted by molar-refractivity contribution is -0.384. The Bertz CT molecular complexity index is 1170. The molecule has 34 heavy (non-hydrogen) atoms. The minimum atomic E-state index is -0.887. The first-order chi connectivity index (χ1) is 16.2. The Morgan fingerprint density at radius 3 is 2.24 bits per heavy atom. The predicted molar refractivity (Wildman–Crippen MR) is 128 cm³/mol. The van der Waals surface area contributed by atoms with Crippen molar-refractivity contribution in [3.8, 4) is 0 Å². The Hall–Kier alpha value is -2.92. The molecule has 1 aliphatic heterocycles. The highest BCUT2D eigenvalue weighted by Gasteiger charge is 2.52. The van der Waals surface area contributed by atoms with Crippen LogP contribution in [0.4, 0.5) is 11.4 Å². The predicted octanol–water partition coefficient (Wildman–Crippen LogP) is 4.06. The second-order valence-electron chi connectivity index (χ2n) is 8.05. The SMILES string of the molecule is O=C(COC(=O)c1ccccc1N1C(=O)[C@H]2C[C@@H](Br)[C@H](Br)C[C@@H]2C1=O)c1cccc([N+](=O)[O-])c1. The van der Waals surface area contributed by atoms with E-state index >= 15 is 0 Å². The van der Waals surface area contributed by atoms with Gasteiger partial charge in [-0.05, 0) is 25.0 Å². The third-order valence-corrected chi connectivity index (χ3v) is 8.72. The van der Waals surface area contributed by atoms with Crippen molar-refractivity contribution in [2.75, 3.05) is 11.5 Å². The molecule has 0 aromatic heterocycles. The summed E-state index contributed by atoms with van der Waals surface area (Å²) in [6, 6.07) is 11.2. The molecule has 1 saturated carbocycles. The lowest BCUT2D eigenvalue weighted by atomic mass is 9.81. The van der Waals surface area contributed by atoms with Gasteiger partial charge in [0.1, 0.15) is 0 Å². The van der Waals surface area contributed by atoms with Crippen molar-refractivity contribution in [1.82, 2.24) is 0 Å². The van der Waals surface area contributed by atoms with Crippen LogP contribution in [0.15, 0.2) is 48.5 Å². The van der Waals surface area contributed by atoms with E-state index in [2.05, 4.69) is 31.9 Å². The van der Waals surface area contributed by atoms with Gasteiger partial charge in [0.05, 0.1) is 28.0 Å². The molecule has 2 fully saturated rings. The molecular formula is C23H18Br2N2O7. The van der Waals surface area contributed by atoms with Gasteiger partial charge in [-0.15, -0.1) is 0 Å². The van der Waals surface area contributed by atoms with Gasteiger partial charge in [-0.25, -0.2) is 9.69 Å². The lowest BCUT2D eigenvalue weighted by Crippen LogP contribution is -2.34. The molecule has 4 rings (SSSR count). The number of benzene rings is 2. The van der Waals surface area contributed by atoms with Crippen LogP contribution in [0.5, 0.6) is 0 Å². The van der Waals surface area contributed by atoms with Crippen LogP contribution in [0, 0.1) is 22.0 Å². The zero-order valence-corrected chi connectivity index (χ0v) is 20.7. The summed E-state index contributed by atoms with van der Waals surface area (Å²) in [5.74, 6) is -3.21. The van der Waals surface area contributed by atoms with Crippen molar-refractivity contribution in [2.45, 2.75) is 22.5 Å². The van der Waals surface area contributed by atoms with E-state index in [1.165, 1.54) is 30.3 Å².